The van der Waals surface area contributed by atoms with E-state index in [9.17, 15) is 9.59 Å². The number of hydrogen-bond donors (Lipinski definition) is 1. The molecule has 1 aliphatic carbocycles. The van der Waals surface area contributed by atoms with Crippen LogP contribution in [0.15, 0.2) is 42.7 Å². The molecule has 1 atom stereocenters. The van der Waals surface area contributed by atoms with Crippen molar-refractivity contribution in [2.45, 2.75) is 25.7 Å². The molecule has 2 N–H and O–H groups in total. The molecule has 2 aromatic carbocycles. The van der Waals surface area contributed by atoms with Gasteiger partial charge in [0.1, 0.15) is 11.5 Å². The Hall–Kier alpha value is -3.28. The molecule has 2 heterocycles. The van der Waals surface area contributed by atoms with Crippen molar-refractivity contribution in [3.63, 3.8) is 0 Å². The minimum Gasteiger partial charge on any atom is -0.364 e. The zero-order valence-electron chi connectivity index (χ0n) is 16.1. The van der Waals surface area contributed by atoms with E-state index >= 15 is 0 Å². The number of hydrogen-bond acceptors (Lipinski definition) is 5. The van der Waals surface area contributed by atoms with Crippen molar-refractivity contribution in [3.8, 4) is 0 Å². The van der Waals surface area contributed by atoms with E-state index in [-0.39, 0.29) is 17.4 Å². The zero-order valence-corrected chi connectivity index (χ0v) is 16.1. The Balaban J connectivity index is 1.45. The van der Waals surface area contributed by atoms with Gasteiger partial charge in [0.25, 0.3) is 5.91 Å². The Kier molecular flexibility index (Phi) is 4.27. The smallest absolute Gasteiger partial charge is 0.268 e. The number of nitrogens with zero attached hydrogens (tertiary/aromatic N) is 3. The average Bonchev–Trinajstić information content (AvgIpc) is 3.19. The van der Waals surface area contributed by atoms with E-state index in [1.165, 1.54) is 22.7 Å². The topological polar surface area (TPSA) is 89.2 Å². The standard InChI is InChI=1S/C23H22N4O2/c24-23(29)19-11-25-12-20(26-19)27-10-2-4-16(13-27)22(28)18-9-8-15-7-6-14-3-1-5-17(18)21(14)15/h1,3,5,8-9,11-12,16H,2,4,6-7,10,13H2,(H2,24,29)/t16-/m0/s1. The van der Waals surface area contributed by atoms with Crippen LogP contribution in [-0.2, 0) is 12.8 Å². The van der Waals surface area contributed by atoms with Crippen LogP contribution < -0.4 is 10.6 Å². The predicted octanol–water partition coefficient (Wildman–Crippen LogP) is 2.93. The lowest BCUT2D eigenvalue weighted by molar-refractivity contribution is 0.0907. The van der Waals surface area contributed by atoms with Gasteiger partial charge < -0.3 is 10.6 Å². The Morgan fingerprint density at radius 3 is 2.72 bits per heavy atom. The summed E-state index contributed by atoms with van der Waals surface area (Å²) in [7, 11) is 0. The van der Waals surface area contributed by atoms with Gasteiger partial charge in [-0.3, -0.25) is 14.6 Å². The molecule has 2 aliphatic rings. The fraction of sp³-hybridized carbons (Fsp3) is 0.304. The molecule has 1 saturated heterocycles. The minimum absolute atomic E-state index is 0.110. The number of benzene rings is 2. The predicted molar refractivity (Wildman–Crippen MR) is 111 cm³/mol. The second kappa shape index (κ2) is 6.95. The fourth-order valence-electron chi connectivity index (χ4n) is 4.71. The minimum atomic E-state index is -0.600. The number of nitrogens with two attached hydrogens (primary N) is 1. The molecular formula is C23H22N4O2. The molecule has 6 heteroatoms. The van der Waals surface area contributed by atoms with Crippen LogP contribution in [0.1, 0.15) is 44.8 Å². The second-order valence-corrected chi connectivity index (χ2v) is 7.89. The molecule has 1 fully saturated rings. The Labute approximate surface area is 168 Å². The normalized spacial score (nSPS) is 18.2. The van der Waals surface area contributed by atoms with Gasteiger partial charge >= 0.3 is 0 Å². The third-order valence-electron chi connectivity index (χ3n) is 6.13. The highest BCUT2D eigenvalue weighted by atomic mass is 16.1. The summed E-state index contributed by atoms with van der Waals surface area (Å²) in [6.07, 6.45) is 6.83. The average molecular weight is 386 g/mol. The summed E-state index contributed by atoms with van der Waals surface area (Å²) in [5.74, 6) is 0.0710. The Bertz CT molecular complexity index is 1130. The summed E-state index contributed by atoms with van der Waals surface area (Å²) in [5, 5.41) is 2.35. The summed E-state index contributed by atoms with van der Waals surface area (Å²) >= 11 is 0. The maximum atomic E-state index is 13.5. The van der Waals surface area contributed by atoms with Crippen molar-refractivity contribution in [1.29, 1.82) is 0 Å². The number of anilines is 1. The van der Waals surface area contributed by atoms with Crippen LogP contribution in [0.3, 0.4) is 0 Å². The first-order chi connectivity index (χ1) is 14.1. The number of amides is 1. The van der Waals surface area contributed by atoms with E-state index in [0.717, 1.165) is 43.2 Å². The van der Waals surface area contributed by atoms with Crippen molar-refractivity contribution >= 4 is 28.3 Å². The zero-order chi connectivity index (χ0) is 20.0. The van der Waals surface area contributed by atoms with Crippen LogP contribution in [-0.4, -0.2) is 34.7 Å². The largest absolute Gasteiger partial charge is 0.364 e. The van der Waals surface area contributed by atoms with Crippen LogP contribution in [0, 0.1) is 5.92 Å². The summed E-state index contributed by atoms with van der Waals surface area (Å²) in [5.41, 5.74) is 8.98. The molecule has 146 valence electrons. The van der Waals surface area contributed by atoms with Gasteiger partial charge in [0.15, 0.2) is 5.78 Å². The van der Waals surface area contributed by atoms with E-state index in [2.05, 4.69) is 34.2 Å². The quantitative estimate of drug-likeness (QED) is 0.697. The number of ketones is 1. The first-order valence-electron chi connectivity index (χ1n) is 10.1. The van der Waals surface area contributed by atoms with Crippen LogP contribution in [0.2, 0.25) is 0 Å². The number of piperidine rings is 1. The molecule has 5 rings (SSSR count). The van der Waals surface area contributed by atoms with E-state index in [1.807, 2.05) is 11.0 Å². The number of carbonyl (C=O) groups is 2. The van der Waals surface area contributed by atoms with Crippen LogP contribution in [0.5, 0.6) is 0 Å². The van der Waals surface area contributed by atoms with Crippen molar-refractivity contribution in [3.05, 3.63) is 65.1 Å². The van der Waals surface area contributed by atoms with E-state index in [0.29, 0.717) is 12.4 Å². The molecule has 1 aromatic heterocycles. The van der Waals surface area contributed by atoms with Crippen molar-refractivity contribution in [1.82, 2.24) is 9.97 Å². The Morgan fingerprint density at radius 1 is 1.07 bits per heavy atom. The first-order valence-corrected chi connectivity index (χ1v) is 10.1. The molecule has 3 aromatic rings. The van der Waals surface area contributed by atoms with E-state index < -0.39 is 5.91 Å². The highest BCUT2D eigenvalue weighted by Crippen LogP contribution is 2.34. The molecule has 0 spiro atoms. The third kappa shape index (κ3) is 3.05. The van der Waals surface area contributed by atoms with Gasteiger partial charge in [-0.1, -0.05) is 30.3 Å². The van der Waals surface area contributed by atoms with Gasteiger partial charge in [0, 0.05) is 24.6 Å². The lowest BCUT2D eigenvalue weighted by Crippen LogP contribution is -2.39. The van der Waals surface area contributed by atoms with Crippen molar-refractivity contribution in [2.24, 2.45) is 11.7 Å². The highest BCUT2D eigenvalue weighted by molar-refractivity contribution is 6.11. The molecule has 1 amide bonds. The third-order valence-corrected chi connectivity index (χ3v) is 6.13. The first kappa shape index (κ1) is 17.8. The van der Waals surface area contributed by atoms with Crippen LogP contribution in [0.25, 0.3) is 10.8 Å². The molecule has 0 bridgehead atoms. The SMILES string of the molecule is NC(=O)c1cncc(N2CCC[C@H](C(=O)c3ccc4c5c(cccc35)CC4)C2)n1. The second-order valence-electron chi connectivity index (χ2n) is 7.89. The van der Waals surface area contributed by atoms with Gasteiger partial charge in [-0.05, 0) is 47.6 Å². The number of primary amides is 1. The number of carbonyl (C=O) groups excluding carboxylic acids is 2. The molecule has 0 saturated carbocycles. The summed E-state index contributed by atoms with van der Waals surface area (Å²) in [4.78, 5) is 35.3. The monoisotopic (exact) mass is 386 g/mol. The number of aromatic nitrogens is 2. The summed E-state index contributed by atoms with van der Waals surface area (Å²) < 4.78 is 0. The Morgan fingerprint density at radius 2 is 1.90 bits per heavy atom. The number of aryl methyl sites for hydroxylation is 2. The fourth-order valence-corrected chi connectivity index (χ4v) is 4.71. The summed E-state index contributed by atoms with van der Waals surface area (Å²) in [6, 6.07) is 10.4. The van der Waals surface area contributed by atoms with Crippen LogP contribution in [0.4, 0.5) is 5.82 Å². The van der Waals surface area contributed by atoms with Crippen molar-refractivity contribution in [2.75, 3.05) is 18.0 Å². The molecular weight excluding hydrogens is 364 g/mol. The van der Waals surface area contributed by atoms with Gasteiger partial charge in [0.2, 0.25) is 0 Å². The van der Waals surface area contributed by atoms with Gasteiger partial charge in [-0.25, -0.2) is 4.98 Å². The number of Topliss-reactive ketones (excluding diaryl/α,β-unsaturated/α-hetero) is 1. The number of rotatable bonds is 4. The lowest BCUT2D eigenvalue weighted by atomic mass is 9.87. The maximum Gasteiger partial charge on any atom is 0.268 e. The highest BCUT2D eigenvalue weighted by Gasteiger charge is 2.29. The maximum absolute atomic E-state index is 13.5. The van der Waals surface area contributed by atoms with Gasteiger partial charge in [-0.2, -0.15) is 0 Å². The van der Waals surface area contributed by atoms with E-state index in [4.69, 9.17) is 5.73 Å². The lowest BCUT2D eigenvalue weighted by Gasteiger charge is -2.33. The van der Waals surface area contributed by atoms with Crippen LogP contribution >= 0.6 is 0 Å². The molecule has 0 unspecified atom stereocenters. The molecule has 29 heavy (non-hydrogen) atoms. The molecule has 6 nitrogen and oxygen atoms in total. The molecule has 1 aliphatic heterocycles. The molecule has 0 radical (unpaired) electrons. The van der Waals surface area contributed by atoms with Gasteiger partial charge in [-0.15, -0.1) is 0 Å². The summed E-state index contributed by atoms with van der Waals surface area (Å²) in [6.45, 7) is 1.35. The van der Waals surface area contributed by atoms with E-state index in [1.54, 1.807) is 6.20 Å². The van der Waals surface area contributed by atoms with Gasteiger partial charge in [0.05, 0.1) is 12.4 Å². The van der Waals surface area contributed by atoms with Crippen molar-refractivity contribution < 1.29 is 9.59 Å².